The van der Waals surface area contributed by atoms with E-state index < -0.39 is 0 Å². The Morgan fingerprint density at radius 1 is 1.41 bits per heavy atom. The Morgan fingerprint density at radius 2 is 2.24 bits per heavy atom. The summed E-state index contributed by atoms with van der Waals surface area (Å²) in [5, 5.41) is 3.25. The zero-order chi connectivity index (χ0) is 12.5. The number of rotatable bonds is 8. The fraction of sp³-hybridized carbons (Fsp3) is 0.667. The van der Waals surface area contributed by atoms with Crippen LogP contribution in [-0.2, 0) is 4.74 Å². The fourth-order valence-electron chi connectivity index (χ4n) is 1.57. The molecule has 17 heavy (non-hydrogen) atoms. The fourth-order valence-corrected chi connectivity index (χ4v) is 1.57. The second-order valence-electron chi connectivity index (χ2n) is 3.74. The molecule has 0 spiro atoms. The zero-order valence-corrected chi connectivity index (χ0v) is 10.8. The Bertz CT molecular complexity index is 314. The first kappa shape index (κ1) is 13.7. The van der Waals surface area contributed by atoms with E-state index in [2.05, 4.69) is 22.2 Å². The minimum absolute atomic E-state index is 0.238. The van der Waals surface area contributed by atoms with Crippen molar-refractivity contribution in [3.05, 3.63) is 12.3 Å². The molecule has 0 aliphatic carbocycles. The second-order valence-corrected chi connectivity index (χ2v) is 3.74. The molecule has 1 aromatic rings. The Morgan fingerprint density at radius 3 is 2.88 bits per heavy atom. The van der Waals surface area contributed by atoms with Gasteiger partial charge in [-0.25, -0.2) is 4.98 Å². The molecule has 0 bridgehead atoms. The minimum Gasteiger partial charge on any atom is -0.478 e. The van der Waals surface area contributed by atoms with Gasteiger partial charge in [0.1, 0.15) is 0 Å². The van der Waals surface area contributed by atoms with Crippen molar-refractivity contribution in [2.24, 2.45) is 0 Å². The van der Waals surface area contributed by atoms with Gasteiger partial charge in [-0.2, -0.15) is 4.98 Å². The van der Waals surface area contributed by atoms with Crippen molar-refractivity contribution in [3.63, 3.8) is 0 Å². The third kappa shape index (κ3) is 4.99. The summed E-state index contributed by atoms with van der Waals surface area (Å²) >= 11 is 0. The van der Waals surface area contributed by atoms with E-state index in [4.69, 9.17) is 9.47 Å². The molecule has 96 valence electrons. The lowest BCUT2D eigenvalue weighted by Gasteiger charge is -2.17. The summed E-state index contributed by atoms with van der Waals surface area (Å²) < 4.78 is 10.5. The molecule has 1 unspecified atom stereocenters. The van der Waals surface area contributed by atoms with Gasteiger partial charge in [0.2, 0.25) is 11.8 Å². The van der Waals surface area contributed by atoms with Crippen molar-refractivity contribution in [1.29, 1.82) is 0 Å². The number of aromatic nitrogens is 2. The average Bonchev–Trinajstić information content (AvgIpc) is 2.30. The molecule has 0 amide bonds. The highest BCUT2D eigenvalue weighted by atomic mass is 16.5. The molecule has 0 aliphatic heterocycles. The van der Waals surface area contributed by atoms with E-state index >= 15 is 0 Å². The lowest BCUT2D eigenvalue weighted by atomic mass is 10.2. The monoisotopic (exact) mass is 239 g/mol. The largest absolute Gasteiger partial charge is 0.478 e. The predicted molar refractivity (Wildman–Crippen MR) is 67.4 cm³/mol. The molecule has 1 atom stereocenters. The molecule has 0 saturated heterocycles. The van der Waals surface area contributed by atoms with Crippen LogP contribution in [0.15, 0.2) is 12.3 Å². The van der Waals surface area contributed by atoms with Gasteiger partial charge in [0.25, 0.3) is 0 Å². The van der Waals surface area contributed by atoms with Crippen LogP contribution in [0.2, 0.25) is 0 Å². The lowest BCUT2D eigenvalue weighted by molar-refractivity contribution is 0.182. The molecule has 1 rings (SSSR count). The molecular weight excluding hydrogens is 218 g/mol. The van der Waals surface area contributed by atoms with Crippen LogP contribution in [0.3, 0.4) is 0 Å². The molecule has 1 heterocycles. The van der Waals surface area contributed by atoms with Crippen LogP contribution in [-0.4, -0.2) is 36.3 Å². The predicted octanol–water partition coefficient (Wildman–Crippen LogP) is 2.10. The highest BCUT2D eigenvalue weighted by molar-refractivity contribution is 5.28. The molecule has 5 heteroatoms. The average molecular weight is 239 g/mol. The van der Waals surface area contributed by atoms with Crippen LogP contribution in [0, 0.1) is 0 Å². The number of anilines is 1. The molecule has 0 saturated carbocycles. The van der Waals surface area contributed by atoms with Crippen LogP contribution in [0.25, 0.3) is 0 Å². The normalized spacial score (nSPS) is 12.2. The number of ether oxygens (including phenoxy) is 2. The molecule has 5 nitrogen and oxygen atoms in total. The van der Waals surface area contributed by atoms with Gasteiger partial charge in [-0.05, 0) is 13.3 Å². The van der Waals surface area contributed by atoms with Gasteiger partial charge in [0.15, 0.2) is 0 Å². The third-order valence-electron chi connectivity index (χ3n) is 2.26. The van der Waals surface area contributed by atoms with Crippen molar-refractivity contribution in [3.8, 4) is 5.88 Å². The molecule has 0 aromatic carbocycles. The zero-order valence-electron chi connectivity index (χ0n) is 10.8. The van der Waals surface area contributed by atoms with Crippen LogP contribution >= 0.6 is 0 Å². The molecule has 1 N–H and O–H groups in total. The number of nitrogens with one attached hydrogen (secondary N) is 1. The van der Waals surface area contributed by atoms with Gasteiger partial charge in [0.05, 0.1) is 19.3 Å². The van der Waals surface area contributed by atoms with Crippen LogP contribution in [0.4, 0.5) is 5.95 Å². The van der Waals surface area contributed by atoms with Crippen LogP contribution in [0.5, 0.6) is 5.88 Å². The van der Waals surface area contributed by atoms with Gasteiger partial charge < -0.3 is 14.8 Å². The maximum Gasteiger partial charge on any atom is 0.226 e. The van der Waals surface area contributed by atoms with Gasteiger partial charge in [-0.1, -0.05) is 13.3 Å². The Hall–Kier alpha value is -1.36. The smallest absolute Gasteiger partial charge is 0.226 e. The topological polar surface area (TPSA) is 56.3 Å². The van der Waals surface area contributed by atoms with E-state index in [9.17, 15) is 0 Å². The number of nitrogens with zero attached hydrogens (tertiary/aromatic N) is 2. The lowest BCUT2D eigenvalue weighted by Crippen LogP contribution is -2.25. The maximum atomic E-state index is 5.33. The van der Waals surface area contributed by atoms with E-state index in [1.54, 1.807) is 19.4 Å². The van der Waals surface area contributed by atoms with Gasteiger partial charge in [0, 0.05) is 19.4 Å². The molecular formula is C12H21N3O2. The van der Waals surface area contributed by atoms with Gasteiger partial charge in [-0.15, -0.1) is 0 Å². The van der Waals surface area contributed by atoms with Gasteiger partial charge in [-0.3, -0.25) is 0 Å². The minimum atomic E-state index is 0.238. The summed E-state index contributed by atoms with van der Waals surface area (Å²) in [6, 6.07) is 1.99. The molecule has 0 aliphatic rings. The van der Waals surface area contributed by atoms with Crippen LogP contribution in [0.1, 0.15) is 26.7 Å². The number of methoxy groups -OCH3 is 1. The van der Waals surface area contributed by atoms with E-state index in [-0.39, 0.29) is 6.04 Å². The maximum absolute atomic E-state index is 5.33. The van der Waals surface area contributed by atoms with E-state index in [1.807, 2.05) is 6.92 Å². The standard InChI is InChI=1S/C12H21N3O2/c1-4-6-10(9-16-3)14-12-13-8-7-11(15-12)17-5-2/h7-8,10H,4-6,9H2,1-3H3,(H,13,14,15). The molecule has 1 aromatic heterocycles. The Kier molecular flexibility index (Phi) is 6.32. The Labute approximate surface area is 103 Å². The van der Waals surface area contributed by atoms with Crippen molar-refractivity contribution >= 4 is 5.95 Å². The van der Waals surface area contributed by atoms with E-state index in [0.717, 1.165) is 12.8 Å². The summed E-state index contributed by atoms with van der Waals surface area (Å²) in [5.41, 5.74) is 0. The van der Waals surface area contributed by atoms with Gasteiger partial charge >= 0.3 is 0 Å². The molecule has 0 fully saturated rings. The quantitative estimate of drug-likeness (QED) is 0.753. The highest BCUT2D eigenvalue weighted by Gasteiger charge is 2.09. The number of hydrogen-bond donors (Lipinski definition) is 1. The summed E-state index contributed by atoms with van der Waals surface area (Å²) in [6.07, 6.45) is 3.80. The van der Waals surface area contributed by atoms with Crippen molar-refractivity contribution in [2.75, 3.05) is 25.6 Å². The molecule has 0 radical (unpaired) electrons. The summed E-state index contributed by atoms with van der Waals surface area (Å²) in [6.45, 7) is 5.32. The first-order chi connectivity index (χ1) is 8.30. The van der Waals surface area contributed by atoms with E-state index in [0.29, 0.717) is 25.0 Å². The van der Waals surface area contributed by atoms with E-state index in [1.165, 1.54) is 0 Å². The SMILES string of the molecule is CCCC(COC)Nc1nccc(OCC)n1. The summed E-state index contributed by atoms with van der Waals surface area (Å²) in [4.78, 5) is 8.43. The van der Waals surface area contributed by atoms with Crippen molar-refractivity contribution in [2.45, 2.75) is 32.7 Å². The van der Waals surface area contributed by atoms with Crippen LogP contribution < -0.4 is 10.1 Å². The number of hydrogen-bond acceptors (Lipinski definition) is 5. The second kappa shape index (κ2) is 7.84. The van der Waals surface area contributed by atoms with Crippen molar-refractivity contribution < 1.29 is 9.47 Å². The first-order valence-electron chi connectivity index (χ1n) is 6.01. The first-order valence-corrected chi connectivity index (χ1v) is 6.01. The van der Waals surface area contributed by atoms with Crippen molar-refractivity contribution in [1.82, 2.24) is 9.97 Å². The summed E-state index contributed by atoms with van der Waals surface area (Å²) in [5.74, 6) is 1.18. The highest BCUT2D eigenvalue weighted by Crippen LogP contribution is 2.10. The third-order valence-corrected chi connectivity index (χ3v) is 2.26. The Balaban J connectivity index is 2.60. The summed E-state index contributed by atoms with van der Waals surface area (Å²) in [7, 11) is 1.70.